The summed E-state index contributed by atoms with van der Waals surface area (Å²) >= 11 is 7.40. The lowest BCUT2D eigenvalue weighted by Crippen LogP contribution is -2.36. The van der Waals surface area contributed by atoms with Gasteiger partial charge in [-0.2, -0.15) is 4.98 Å². The molecule has 0 saturated carbocycles. The van der Waals surface area contributed by atoms with Gasteiger partial charge in [0, 0.05) is 34.6 Å². The molecule has 152 valence electrons. The van der Waals surface area contributed by atoms with E-state index in [4.69, 9.17) is 11.6 Å². The predicted molar refractivity (Wildman–Crippen MR) is 118 cm³/mol. The van der Waals surface area contributed by atoms with E-state index in [1.54, 1.807) is 28.8 Å². The van der Waals surface area contributed by atoms with Gasteiger partial charge in [-0.25, -0.2) is 4.52 Å². The summed E-state index contributed by atoms with van der Waals surface area (Å²) in [6.07, 6.45) is 0.521. The number of benzene rings is 2. The second-order valence-electron chi connectivity index (χ2n) is 6.69. The number of carbonyl (C=O) groups excluding carboxylic acids is 2. The highest BCUT2D eigenvalue weighted by Crippen LogP contribution is 2.22. The third kappa shape index (κ3) is 4.50. The molecule has 4 rings (SSSR count). The fourth-order valence-corrected chi connectivity index (χ4v) is 3.81. The van der Waals surface area contributed by atoms with Crippen molar-refractivity contribution in [3.8, 4) is 11.4 Å². The highest BCUT2D eigenvalue weighted by atomic mass is 35.5. The molecule has 0 aliphatic rings. The number of halogens is 1. The van der Waals surface area contributed by atoms with Crippen LogP contribution in [0.25, 0.3) is 16.3 Å². The Hall–Kier alpha value is -3.23. The van der Waals surface area contributed by atoms with E-state index in [9.17, 15) is 9.59 Å². The molecule has 2 aromatic carbocycles. The Morgan fingerprint density at radius 3 is 2.53 bits per heavy atom. The maximum absolute atomic E-state index is 12.1. The van der Waals surface area contributed by atoms with E-state index in [1.165, 1.54) is 11.3 Å². The Bertz CT molecular complexity index is 1200. The molecule has 2 N–H and O–H groups in total. The summed E-state index contributed by atoms with van der Waals surface area (Å²) in [6.45, 7) is 2.26. The van der Waals surface area contributed by atoms with Crippen molar-refractivity contribution < 1.29 is 9.59 Å². The van der Waals surface area contributed by atoms with Crippen LogP contribution in [0.4, 0.5) is 5.69 Å². The summed E-state index contributed by atoms with van der Waals surface area (Å²) in [4.78, 5) is 29.4. The number of aryl methyl sites for hydroxylation is 1. The van der Waals surface area contributed by atoms with Gasteiger partial charge in [0.2, 0.25) is 4.96 Å². The standard InChI is InChI=1S/C21H18ClN5O2S/c1-13-2-8-16(9-3-13)24-20(29)19(28)23-11-10-17-12-30-21-25-18(26-27(17)21)14-4-6-15(22)7-5-14/h2-9,12H,10-11H2,1H3,(H,23,28)(H,24,29). The Balaban J connectivity index is 1.35. The number of anilines is 1. The Morgan fingerprint density at radius 2 is 1.80 bits per heavy atom. The smallest absolute Gasteiger partial charge is 0.313 e. The zero-order valence-corrected chi connectivity index (χ0v) is 17.6. The van der Waals surface area contributed by atoms with Gasteiger partial charge < -0.3 is 10.6 Å². The van der Waals surface area contributed by atoms with Crippen molar-refractivity contribution in [1.82, 2.24) is 19.9 Å². The molecular weight excluding hydrogens is 422 g/mol. The molecule has 0 saturated heterocycles. The van der Waals surface area contributed by atoms with Crippen LogP contribution in [0.1, 0.15) is 11.3 Å². The third-order valence-corrected chi connectivity index (χ3v) is 5.55. The van der Waals surface area contributed by atoms with Crippen molar-refractivity contribution in [1.29, 1.82) is 0 Å². The van der Waals surface area contributed by atoms with Crippen LogP contribution in [0.2, 0.25) is 5.02 Å². The topological polar surface area (TPSA) is 88.4 Å². The van der Waals surface area contributed by atoms with E-state index < -0.39 is 11.8 Å². The first kappa shape index (κ1) is 20.1. The summed E-state index contributed by atoms with van der Waals surface area (Å²) in [6, 6.07) is 14.6. The van der Waals surface area contributed by atoms with Gasteiger partial charge in [-0.3, -0.25) is 9.59 Å². The van der Waals surface area contributed by atoms with Crippen molar-refractivity contribution in [3.05, 3.63) is 70.2 Å². The zero-order chi connectivity index (χ0) is 21.1. The van der Waals surface area contributed by atoms with Crippen LogP contribution in [-0.4, -0.2) is 33.0 Å². The zero-order valence-electron chi connectivity index (χ0n) is 16.1. The largest absolute Gasteiger partial charge is 0.347 e. The average Bonchev–Trinajstić information content (AvgIpc) is 3.32. The lowest BCUT2D eigenvalue weighted by molar-refractivity contribution is -0.136. The summed E-state index contributed by atoms with van der Waals surface area (Å²) in [7, 11) is 0. The Labute approximate surface area is 181 Å². The van der Waals surface area contributed by atoms with Crippen molar-refractivity contribution in [2.45, 2.75) is 13.3 Å². The van der Waals surface area contributed by atoms with Crippen LogP contribution in [0.3, 0.4) is 0 Å². The van der Waals surface area contributed by atoms with Gasteiger partial charge in [0.25, 0.3) is 0 Å². The van der Waals surface area contributed by atoms with Crippen molar-refractivity contribution in [2.24, 2.45) is 0 Å². The Morgan fingerprint density at radius 1 is 1.07 bits per heavy atom. The fraction of sp³-hybridized carbons (Fsp3) is 0.143. The van der Waals surface area contributed by atoms with Crippen molar-refractivity contribution in [3.63, 3.8) is 0 Å². The van der Waals surface area contributed by atoms with Gasteiger partial charge in [0.05, 0.1) is 5.69 Å². The molecule has 2 heterocycles. The van der Waals surface area contributed by atoms with Gasteiger partial charge in [-0.15, -0.1) is 16.4 Å². The van der Waals surface area contributed by atoms with E-state index in [-0.39, 0.29) is 0 Å². The van der Waals surface area contributed by atoms with E-state index in [0.29, 0.717) is 29.5 Å². The number of thiazole rings is 1. The molecule has 0 radical (unpaired) electrons. The van der Waals surface area contributed by atoms with Gasteiger partial charge in [0.1, 0.15) is 0 Å². The number of carbonyl (C=O) groups is 2. The molecule has 2 aromatic heterocycles. The van der Waals surface area contributed by atoms with E-state index >= 15 is 0 Å². The number of aromatic nitrogens is 3. The quantitative estimate of drug-likeness (QED) is 0.464. The SMILES string of the molecule is Cc1ccc(NC(=O)C(=O)NCCc2csc3nc(-c4ccc(Cl)cc4)nn23)cc1. The van der Waals surface area contributed by atoms with Crippen LogP contribution < -0.4 is 10.6 Å². The minimum Gasteiger partial charge on any atom is -0.347 e. The number of fused-ring (bicyclic) bond motifs is 1. The number of rotatable bonds is 5. The van der Waals surface area contributed by atoms with Crippen LogP contribution in [-0.2, 0) is 16.0 Å². The summed E-state index contributed by atoms with van der Waals surface area (Å²) in [5, 5.41) is 12.4. The minimum absolute atomic E-state index is 0.308. The Kier molecular flexibility index (Phi) is 5.78. The summed E-state index contributed by atoms with van der Waals surface area (Å²) in [5.41, 5.74) is 3.44. The second kappa shape index (κ2) is 8.64. The fourth-order valence-electron chi connectivity index (χ4n) is 2.83. The molecule has 30 heavy (non-hydrogen) atoms. The van der Waals surface area contributed by atoms with Gasteiger partial charge >= 0.3 is 11.8 Å². The van der Waals surface area contributed by atoms with Crippen LogP contribution in [0, 0.1) is 6.92 Å². The normalized spacial score (nSPS) is 10.9. The average molecular weight is 440 g/mol. The lowest BCUT2D eigenvalue weighted by Gasteiger charge is -2.06. The molecule has 0 aliphatic heterocycles. The maximum atomic E-state index is 12.1. The van der Waals surface area contributed by atoms with Gasteiger partial charge in [0.15, 0.2) is 5.82 Å². The van der Waals surface area contributed by atoms with E-state index in [0.717, 1.165) is 21.8 Å². The number of hydrogen-bond donors (Lipinski definition) is 2. The van der Waals surface area contributed by atoms with E-state index in [2.05, 4.69) is 20.7 Å². The highest BCUT2D eigenvalue weighted by Gasteiger charge is 2.15. The predicted octanol–water partition coefficient (Wildman–Crippen LogP) is 3.72. The number of nitrogens with one attached hydrogen (secondary N) is 2. The molecule has 9 heteroatoms. The molecule has 0 aliphatic carbocycles. The van der Waals surface area contributed by atoms with Crippen LogP contribution in [0.15, 0.2) is 53.9 Å². The van der Waals surface area contributed by atoms with Crippen LogP contribution in [0.5, 0.6) is 0 Å². The molecule has 2 amide bonds. The number of hydrogen-bond acceptors (Lipinski definition) is 5. The van der Waals surface area contributed by atoms with Gasteiger partial charge in [-0.05, 0) is 43.3 Å². The van der Waals surface area contributed by atoms with E-state index in [1.807, 2.05) is 36.6 Å². The molecule has 0 bridgehead atoms. The monoisotopic (exact) mass is 439 g/mol. The lowest BCUT2D eigenvalue weighted by atomic mass is 10.2. The molecule has 0 atom stereocenters. The van der Waals surface area contributed by atoms with Crippen molar-refractivity contribution >= 4 is 45.4 Å². The highest BCUT2D eigenvalue weighted by molar-refractivity contribution is 7.15. The third-order valence-electron chi connectivity index (χ3n) is 4.43. The number of amides is 2. The summed E-state index contributed by atoms with van der Waals surface area (Å²) in [5.74, 6) is -0.760. The number of nitrogens with zero attached hydrogens (tertiary/aromatic N) is 3. The first-order chi connectivity index (χ1) is 14.5. The molecule has 0 unspecified atom stereocenters. The second-order valence-corrected chi connectivity index (χ2v) is 7.96. The minimum atomic E-state index is -0.694. The first-order valence-electron chi connectivity index (χ1n) is 9.24. The molecule has 0 spiro atoms. The molecular formula is C21H18ClN5O2S. The van der Waals surface area contributed by atoms with Crippen molar-refractivity contribution in [2.75, 3.05) is 11.9 Å². The molecule has 0 fully saturated rings. The molecule has 4 aromatic rings. The van der Waals surface area contributed by atoms with Crippen LogP contribution >= 0.6 is 22.9 Å². The maximum Gasteiger partial charge on any atom is 0.313 e. The summed E-state index contributed by atoms with van der Waals surface area (Å²) < 4.78 is 1.76. The molecule has 7 nitrogen and oxygen atoms in total. The van der Waals surface area contributed by atoms with Gasteiger partial charge in [-0.1, -0.05) is 29.3 Å². The first-order valence-corrected chi connectivity index (χ1v) is 10.5.